The summed E-state index contributed by atoms with van der Waals surface area (Å²) in [7, 11) is 1.66. The number of aromatic carboxylic acids is 1. The summed E-state index contributed by atoms with van der Waals surface area (Å²) in [6, 6.07) is 5.37. The van der Waals surface area contributed by atoms with Crippen LogP contribution in [0.4, 0.5) is 4.39 Å². The molecule has 19 heavy (non-hydrogen) atoms. The van der Waals surface area contributed by atoms with E-state index in [1.165, 1.54) is 24.3 Å². The van der Waals surface area contributed by atoms with Crippen molar-refractivity contribution in [2.45, 2.75) is 6.92 Å². The standard InChI is InChI=1S/C14H12FNO3/c1-8-12(14(18)19)13(17)11(7-16(8)2)9-3-5-10(15)6-4-9/h3-7H,1-2H3,(H,18,19). The largest absolute Gasteiger partial charge is 0.477 e. The molecule has 1 N–H and O–H groups in total. The van der Waals surface area contributed by atoms with Crippen LogP contribution in [-0.4, -0.2) is 15.6 Å². The van der Waals surface area contributed by atoms with Crippen molar-refractivity contribution in [3.8, 4) is 11.1 Å². The molecule has 0 saturated heterocycles. The van der Waals surface area contributed by atoms with Crippen LogP contribution >= 0.6 is 0 Å². The number of hydrogen-bond acceptors (Lipinski definition) is 2. The van der Waals surface area contributed by atoms with Gasteiger partial charge in [-0.2, -0.15) is 0 Å². The predicted molar refractivity (Wildman–Crippen MR) is 68.8 cm³/mol. The minimum atomic E-state index is -1.26. The lowest BCUT2D eigenvalue weighted by atomic mass is 10.0. The molecule has 0 amide bonds. The normalized spacial score (nSPS) is 10.5. The van der Waals surface area contributed by atoms with Gasteiger partial charge in [0.15, 0.2) is 0 Å². The van der Waals surface area contributed by atoms with Gasteiger partial charge in [0.1, 0.15) is 11.4 Å². The highest BCUT2D eigenvalue weighted by atomic mass is 19.1. The van der Waals surface area contributed by atoms with Crippen LogP contribution in [0.1, 0.15) is 16.1 Å². The molecule has 0 fully saturated rings. The van der Waals surface area contributed by atoms with Gasteiger partial charge in [-0.1, -0.05) is 12.1 Å². The van der Waals surface area contributed by atoms with Gasteiger partial charge in [0.25, 0.3) is 0 Å². The molecular formula is C14H12FNO3. The van der Waals surface area contributed by atoms with Gasteiger partial charge in [-0.25, -0.2) is 9.18 Å². The number of hydrogen-bond donors (Lipinski definition) is 1. The lowest BCUT2D eigenvalue weighted by molar-refractivity contribution is 0.0693. The summed E-state index contributed by atoms with van der Waals surface area (Å²) in [5.41, 5.74) is 0.289. The van der Waals surface area contributed by atoms with Gasteiger partial charge >= 0.3 is 5.97 Å². The quantitative estimate of drug-likeness (QED) is 0.901. The van der Waals surface area contributed by atoms with Crippen LogP contribution in [0.15, 0.2) is 35.3 Å². The van der Waals surface area contributed by atoms with E-state index in [9.17, 15) is 14.0 Å². The van der Waals surface area contributed by atoms with Crippen LogP contribution in [-0.2, 0) is 7.05 Å². The van der Waals surface area contributed by atoms with Crippen LogP contribution in [0, 0.1) is 12.7 Å². The van der Waals surface area contributed by atoms with Crippen molar-refractivity contribution in [1.29, 1.82) is 0 Å². The van der Waals surface area contributed by atoms with Gasteiger partial charge in [-0.15, -0.1) is 0 Å². The van der Waals surface area contributed by atoms with Crippen molar-refractivity contribution in [1.82, 2.24) is 4.57 Å². The Morgan fingerprint density at radius 1 is 1.26 bits per heavy atom. The second-order valence-electron chi connectivity index (χ2n) is 4.26. The number of carboxylic acids is 1. The molecular weight excluding hydrogens is 249 g/mol. The number of aryl methyl sites for hydroxylation is 1. The van der Waals surface area contributed by atoms with E-state index in [4.69, 9.17) is 5.11 Å². The molecule has 1 aromatic carbocycles. The second-order valence-corrected chi connectivity index (χ2v) is 4.26. The molecule has 0 spiro atoms. The Morgan fingerprint density at radius 3 is 2.37 bits per heavy atom. The van der Waals surface area contributed by atoms with Crippen molar-refractivity contribution in [2.75, 3.05) is 0 Å². The lowest BCUT2D eigenvalue weighted by Gasteiger charge is -2.11. The maximum Gasteiger partial charge on any atom is 0.341 e. The van der Waals surface area contributed by atoms with Crippen molar-refractivity contribution in [3.05, 3.63) is 57.8 Å². The zero-order chi connectivity index (χ0) is 14.2. The fraction of sp³-hybridized carbons (Fsp3) is 0.143. The van der Waals surface area contributed by atoms with Crippen molar-refractivity contribution in [3.63, 3.8) is 0 Å². The van der Waals surface area contributed by atoms with Gasteiger partial charge in [0.05, 0.1) is 0 Å². The third-order valence-corrected chi connectivity index (χ3v) is 3.05. The maximum atomic E-state index is 12.9. The van der Waals surface area contributed by atoms with E-state index >= 15 is 0 Å². The number of nitrogens with zero attached hydrogens (tertiary/aromatic N) is 1. The molecule has 4 nitrogen and oxygen atoms in total. The summed E-state index contributed by atoms with van der Waals surface area (Å²) in [5, 5.41) is 9.11. The first-order chi connectivity index (χ1) is 8.91. The van der Waals surface area contributed by atoms with Crippen molar-refractivity contribution in [2.24, 2.45) is 7.05 Å². The molecule has 5 heteroatoms. The molecule has 1 heterocycles. The van der Waals surface area contributed by atoms with E-state index in [1.54, 1.807) is 24.7 Å². The van der Waals surface area contributed by atoms with Crippen LogP contribution in [0.3, 0.4) is 0 Å². The number of pyridine rings is 1. The molecule has 0 bridgehead atoms. The molecule has 0 atom stereocenters. The van der Waals surface area contributed by atoms with E-state index in [1.807, 2.05) is 0 Å². The number of halogens is 1. The van der Waals surface area contributed by atoms with Gasteiger partial charge in [-0.05, 0) is 24.6 Å². The van der Waals surface area contributed by atoms with E-state index in [2.05, 4.69) is 0 Å². The van der Waals surface area contributed by atoms with Crippen LogP contribution in [0.2, 0.25) is 0 Å². The first kappa shape index (κ1) is 13.0. The summed E-state index contributed by atoms with van der Waals surface area (Å²) < 4.78 is 14.4. The number of benzene rings is 1. The van der Waals surface area contributed by atoms with E-state index in [-0.39, 0.29) is 11.1 Å². The predicted octanol–water partition coefficient (Wildman–Crippen LogP) is 2.20. The highest BCUT2D eigenvalue weighted by Crippen LogP contribution is 2.18. The number of aromatic nitrogens is 1. The van der Waals surface area contributed by atoms with Crippen molar-refractivity contribution >= 4 is 5.97 Å². The first-order valence-corrected chi connectivity index (χ1v) is 5.61. The molecule has 0 aliphatic rings. The molecule has 2 rings (SSSR count). The van der Waals surface area contributed by atoms with E-state index in [0.717, 1.165) is 0 Å². The molecule has 0 unspecified atom stereocenters. The van der Waals surface area contributed by atoms with E-state index in [0.29, 0.717) is 11.3 Å². The average molecular weight is 261 g/mol. The fourth-order valence-corrected chi connectivity index (χ4v) is 1.91. The Balaban J connectivity index is 2.75. The Kier molecular flexibility index (Phi) is 3.21. The second kappa shape index (κ2) is 4.68. The molecule has 0 aliphatic heterocycles. The van der Waals surface area contributed by atoms with Gasteiger partial charge in [0, 0.05) is 24.5 Å². The lowest BCUT2D eigenvalue weighted by Crippen LogP contribution is -2.22. The molecule has 1 aromatic heterocycles. The van der Waals surface area contributed by atoms with Crippen molar-refractivity contribution < 1.29 is 14.3 Å². The topological polar surface area (TPSA) is 59.3 Å². The highest BCUT2D eigenvalue weighted by molar-refractivity contribution is 5.90. The Labute approximate surface area is 108 Å². The maximum absolute atomic E-state index is 12.9. The molecule has 0 radical (unpaired) electrons. The minimum absolute atomic E-state index is 0.241. The SMILES string of the molecule is Cc1c(C(=O)O)c(=O)c(-c2ccc(F)cc2)cn1C. The summed E-state index contributed by atoms with van der Waals surface area (Å²) in [6.07, 6.45) is 1.55. The smallest absolute Gasteiger partial charge is 0.341 e. The van der Waals surface area contributed by atoms with E-state index < -0.39 is 17.2 Å². The molecule has 98 valence electrons. The third-order valence-electron chi connectivity index (χ3n) is 3.05. The summed E-state index contributed by atoms with van der Waals surface area (Å²) >= 11 is 0. The molecule has 2 aromatic rings. The summed E-state index contributed by atoms with van der Waals surface area (Å²) in [4.78, 5) is 23.3. The Bertz CT molecular complexity index is 702. The number of carboxylic acid groups (broad SMARTS) is 1. The Hall–Kier alpha value is -2.43. The highest BCUT2D eigenvalue weighted by Gasteiger charge is 2.18. The monoisotopic (exact) mass is 261 g/mol. The minimum Gasteiger partial charge on any atom is -0.477 e. The average Bonchev–Trinajstić information content (AvgIpc) is 2.35. The number of rotatable bonds is 2. The van der Waals surface area contributed by atoms with Gasteiger partial charge in [-0.3, -0.25) is 4.79 Å². The number of carbonyl (C=O) groups is 1. The van der Waals surface area contributed by atoms with Crippen LogP contribution in [0.5, 0.6) is 0 Å². The van der Waals surface area contributed by atoms with Gasteiger partial charge in [0.2, 0.25) is 5.43 Å². The zero-order valence-corrected chi connectivity index (χ0v) is 10.5. The summed E-state index contributed by atoms with van der Waals surface area (Å²) in [6.45, 7) is 1.57. The summed E-state index contributed by atoms with van der Waals surface area (Å²) in [5.74, 6) is -1.67. The zero-order valence-electron chi connectivity index (χ0n) is 10.5. The molecule has 0 saturated carbocycles. The van der Waals surface area contributed by atoms with Gasteiger partial charge < -0.3 is 9.67 Å². The third kappa shape index (κ3) is 2.27. The Morgan fingerprint density at radius 2 is 1.84 bits per heavy atom. The first-order valence-electron chi connectivity index (χ1n) is 5.61. The fourth-order valence-electron chi connectivity index (χ4n) is 1.91. The molecule has 0 aliphatic carbocycles. The van der Waals surface area contributed by atoms with Crippen LogP contribution < -0.4 is 5.43 Å². The van der Waals surface area contributed by atoms with Crippen LogP contribution in [0.25, 0.3) is 11.1 Å².